The minimum absolute atomic E-state index is 0.0708. The van der Waals surface area contributed by atoms with Crippen LogP contribution in [0.3, 0.4) is 0 Å². The summed E-state index contributed by atoms with van der Waals surface area (Å²) in [7, 11) is 0. The van der Waals surface area contributed by atoms with Gasteiger partial charge in [0.15, 0.2) is 11.9 Å². The maximum absolute atomic E-state index is 12.8. The lowest BCUT2D eigenvalue weighted by Crippen LogP contribution is -2.32. The number of hydrogen-bond acceptors (Lipinski definition) is 4. The number of amides is 2. The Kier molecular flexibility index (Phi) is 9.95. The maximum Gasteiger partial charge on any atom is 0.265 e. The molecule has 0 aliphatic heterocycles. The van der Waals surface area contributed by atoms with Crippen LogP contribution in [0.5, 0.6) is 5.75 Å². The van der Waals surface area contributed by atoms with Crippen LogP contribution < -0.4 is 15.4 Å². The monoisotopic (exact) mass is 554 g/mol. The summed E-state index contributed by atoms with van der Waals surface area (Å²) in [6.45, 7) is 8.41. The van der Waals surface area contributed by atoms with Gasteiger partial charge in [0.25, 0.3) is 5.91 Å². The van der Waals surface area contributed by atoms with E-state index in [9.17, 15) is 14.4 Å². The molecule has 0 fully saturated rings. The summed E-state index contributed by atoms with van der Waals surface area (Å²) < 4.78 is 5.94. The Labute approximate surface area is 233 Å². The second-order valence-electron chi connectivity index (χ2n) is 9.62. The summed E-state index contributed by atoms with van der Waals surface area (Å²) in [4.78, 5) is 37.7. The Balaban J connectivity index is 1.56. The number of carbonyl (C=O) groups is 3. The summed E-state index contributed by atoms with van der Waals surface area (Å²) in [6, 6.07) is 18.9. The van der Waals surface area contributed by atoms with Crippen LogP contribution in [0.4, 0.5) is 11.4 Å². The molecule has 3 aromatic carbocycles. The van der Waals surface area contributed by atoms with Gasteiger partial charge >= 0.3 is 0 Å². The van der Waals surface area contributed by atoms with Gasteiger partial charge in [0.1, 0.15) is 5.75 Å². The number of rotatable bonds is 11. The average molecular weight is 556 g/mol. The Bertz CT molecular complexity index is 1290. The largest absolute Gasteiger partial charge is 0.481 e. The van der Waals surface area contributed by atoms with Crippen LogP contribution in [0, 0.1) is 0 Å². The topological polar surface area (TPSA) is 84.5 Å². The Morgan fingerprint density at radius 2 is 1.55 bits per heavy atom. The van der Waals surface area contributed by atoms with Gasteiger partial charge in [-0.3, -0.25) is 14.4 Å². The molecule has 0 bridgehead atoms. The molecule has 38 heavy (non-hydrogen) atoms. The van der Waals surface area contributed by atoms with Crippen molar-refractivity contribution >= 4 is 52.2 Å². The van der Waals surface area contributed by atoms with Gasteiger partial charge in [-0.15, -0.1) is 0 Å². The van der Waals surface area contributed by atoms with Crippen molar-refractivity contribution in [1.29, 1.82) is 0 Å². The number of benzene rings is 3. The van der Waals surface area contributed by atoms with Gasteiger partial charge in [-0.05, 0) is 78.4 Å². The first-order valence-electron chi connectivity index (χ1n) is 12.5. The number of ether oxygens (including phenoxy) is 1. The zero-order valence-corrected chi connectivity index (χ0v) is 23.5. The third kappa shape index (κ3) is 7.83. The van der Waals surface area contributed by atoms with Crippen LogP contribution >= 0.6 is 23.2 Å². The molecule has 200 valence electrons. The minimum Gasteiger partial charge on any atom is -0.481 e. The van der Waals surface area contributed by atoms with Crippen LogP contribution in [0.25, 0.3) is 0 Å². The van der Waals surface area contributed by atoms with Gasteiger partial charge in [0.05, 0.1) is 17.1 Å². The van der Waals surface area contributed by atoms with Crippen molar-refractivity contribution in [3.8, 4) is 5.75 Å². The second-order valence-corrected chi connectivity index (χ2v) is 10.5. The van der Waals surface area contributed by atoms with E-state index >= 15 is 0 Å². The van der Waals surface area contributed by atoms with Crippen LogP contribution in [0.2, 0.25) is 10.0 Å². The van der Waals surface area contributed by atoms with E-state index in [1.54, 1.807) is 36.4 Å². The van der Waals surface area contributed by atoms with Crippen LogP contribution in [-0.4, -0.2) is 23.7 Å². The molecule has 8 heteroatoms. The highest BCUT2D eigenvalue weighted by Gasteiger charge is 2.21. The van der Waals surface area contributed by atoms with Crippen LogP contribution in [0.1, 0.15) is 62.9 Å². The number of carbonyl (C=O) groups excluding carboxylic acids is 3. The highest BCUT2D eigenvalue weighted by Crippen LogP contribution is 2.29. The van der Waals surface area contributed by atoms with Crippen molar-refractivity contribution in [2.45, 2.75) is 58.5 Å². The van der Waals surface area contributed by atoms with Gasteiger partial charge in [-0.2, -0.15) is 0 Å². The van der Waals surface area contributed by atoms with Crippen molar-refractivity contribution < 1.29 is 19.1 Å². The third-order valence-electron chi connectivity index (χ3n) is 6.46. The molecule has 6 nitrogen and oxygen atoms in total. The van der Waals surface area contributed by atoms with E-state index in [1.807, 2.05) is 31.2 Å². The molecule has 0 aromatic heterocycles. The van der Waals surface area contributed by atoms with Crippen molar-refractivity contribution in [3.05, 3.63) is 87.9 Å². The zero-order valence-electron chi connectivity index (χ0n) is 21.9. The number of halogens is 2. The Hall–Kier alpha value is -3.35. The molecular formula is C30H32Cl2N2O4. The molecule has 1 atom stereocenters. The number of nitrogens with one attached hydrogen (secondary N) is 2. The highest BCUT2D eigenvalue weighted by molar-refractivity contribution is 6.35. The van der Waals surface area contributed by atoms with E-state index < -0.39 is 12.0 Å². The molecule has 0 saturated carbocycles. The molecule has 0 aliphatic carbocycles. The van der Waals surface area contributed by atoms with Crippen molar-refractivity contribution in [1.82, 2.24) is 0 Å². The first-order chi connectivity index (χ1) is 18.0. The van der Waals surface area contributed by atoms with Gasteiger partial charge in [-0.1, -0.05) is 63.0 Å². The number of hydrogen-bond donors (Lipinski definition) is 2. The summed E-state index contributed by atoms with van der Waals surface area (Å²) in [5.74, 6) is -0.544. The van der Waals surface area contributed by atoms with Crippen molar-refractivity contribution in [3.63, 3.8) is 0 Å². The zero-order chi connectivity index (χ0) is 27.9. The molecule has 0 unspecified atom stereocenters. The van der Waals surface area contributed by atoms with Crippen LogP contribution in [0.15, 0.2) is 66.7 Å². The maximum atomic E-state index is 12.8. The number of ketones is 1. The van der Waals surface area contributed by atoms with E-state index in [0.29, 0.717) is 39.2 Å². The number of anilines is 2. The van der Waals surface area contributed by atoms with Crippen molar-refractivity contribution in [2.75, 3.05) is 10.6 Å². The molecule has 0 saturated heterocycles. The van der Waals surface area contributed by atoms with E-state index in [2.05, 4.69) is 31.4 Å². The second kappa shape index (κ2) is 12.9. The lowest BCUT2D eigenvalue weighted by Gasteiger charge is -2.24. The predicted molar refractivity (Wildman–Crippen MR) is 154 cm³/mol. The van der Waals surface area contributed by atoms with Gasteiger partial charge in [0.2, 0.25) is 5.91 Å². The van der Waals surface area contributed by atoms with Crippen molar-refractivity contribution in [2.24, 2.45) is 0 Å². The Morgan fingerprint density at radius 1 is 0.895 bits per heavy atom. The molecule has 0 radical (unpaired) electrons. The quantitative estimate of drug-likeness (QED) is 0.188. The summed E-state index contributed by atoms with van der Waals surface area (Å²) >= 11 is 12.0. The molecule has 0 aliphatic rings. The van der Waals surface area contributed by atoms with E-state index in [4.69, 9.17) is 27.9 Å². The standard InChI is InChI=1S/C30H32Cl2N2O4/c1-5-27(38-23-14-9-20(10-15-23)30(3,4)6-2)29(37)33-22-12-7-19(8-13-22)26(35)18-28(36)34-25-17-21(31)11-16-24(25)32/h7-17,27H,5-6,18H2,1-4H3,(H,33,37)(H,34,36)/t27-/m1/s1. The van der Waals surface area contributed by atoms with E-state index in [-0.39, 0.29) is 23.5 Å². The number of Topliss-reactive ketones (excluding diaryl/α,β-unsaturated/α-hetero) is 1. The van der Waals surface area contributed by atoms with Gasteiger partial charge in [-0.25, -0.2) is 0 Å². The molecule has 0 spiro atoms. The first kappa shape index (κ1) is 29.2. The highest BCUT2D eigenvalue weighted by atomic mass is 35.5. The lowest BCUT2D eigenvalue weighted by molar-refractivity contribution is -0.122. The van der Waals surface area contributed by atoms with E-state index in [0.717, 1.165) is 6.42 Å². The fourth-order valence-electron chi connectivity index (χ4n) is 3.67. The Morgan fingerprint density at radius 3 is 2.16 bits per heavy atom. The van der Waals surface area contributed by atoms with Gasteiger partial charge in [0, 0.05) is 16.3 Å². The fourth-order valence-corrected chi connectivity index (χ4v) is 4.01. The fraction of sp³-hybridized carbons (Fsp3) is 0.300. The smallest absolute Gasteiger partial charge is 0.265 e. The minimum atomic E-state index is -0.677. The summed E-state index contributed by atoms with van der Waals surface area (Å²) in [6.07, 6.45) is 0.455. The third-order valence-corrected chi connectivity index (χ3v) is 7.02. The molecule has 0 heterocycles. The summed E-state index contributed by atoms with van der Waals surface area (Å²) in [5.41, 5.74) is 2.48. The molecular weight excluding hydrogens is 523 g/mol. The van der Waals surface area contributed by atoms with Crippen LogP contribution in [-0.2, 0) is 15.0 Å². The molecule has 2 amide bonds. The van der Waals surface area contributed by atoms with Gasteiger partial charge < -0.3 is 15.4 Å². The SMILES string of the molecule is CC[C@@H](Oc1ccc(C(C)(C)CC)cc1)C(=O)Nc1ccc(C(=O)CC(=O)Nc2cc(Cl)ccc2Cl)cc1. The molecule has 3 rings (SSSR count). The molecule has 2 N–H and O–H groups in total. The first-order valence-corrected chi connectivity index (χ1v) is 13.2. The summed E-state index contributed by atoms with van der Waals surface area (Å²) in [5, 5.41) is 6.16. The normalized spacial score (nSPS) is 11.9. The average Bonchev–Trinajstić information content (AvgIpc) is 2.89. The predicted octanol–water partition coefficient (Wildman–Crippen LogP) is 7.69. The van der Waals surface area contributed by atoms with E-state index in [1.165, 1.54) is 11.6 Å². The lowest BCUT2D eigenvalue weighted by atomic mass is 9.82. The molecule has 3 aromatic rings.